The van der Waals surface area contributed by atoms with Crippen molar-refractivity contribution in [3.05, 3.63) is 53.0 Å². The van der Waals surface area contributed by atoms with Crippen molar-refractivity contribution in [3.63, 3.8) is 0 Å². The summed E-state index contributed by atoms with van der Waals surface area (Å²) in [7, 11) is 0. The van der Waals surface area contributed by atoms with Gasteiger partial charge in [0, 0.05) is 0 Å². The monoisotopic (exact) mass is 316 g/mol. The number of halogens is 4. The summed E-state index contributed by atoms with van der Waals surface area (Å²) < 4.78 is 40.9. The average Bonchev–Trinajstić information content (AvgIpc) is 2.31. The SMILES string of the molecule is FC(F)(F)Oc1cccc(-c2ccccc2)c1Br. The molecule has 0 aromatic heterocycles. The van der Waals surface area contributed by atoms with Crippen LogP contribution in [0, 0.1) is 0 Å². The number of hydrogen-bond donors (Lipinski definition) is 0. The molecule has 5 heteroatoms. The average molecular weight is 317 g/mol. The van der Waals surface area contributed by atoms with Crippen molar-refractivity contribution in [1.29, 1.82) is 0 Å². The van der Waals surface area contributed by atoms with E-state index in [1.165, 1.54) is 12.1 Å². The summed E-state index contributed by atoms with van der Waals surface area (Å²) in [6.07, 6.45) is -4.70. The topological polar surface area (TPSA) is 9.23 Å². The van der Waals surface area contributed by atoms with Gasteiger partial charge in [0.15, 0.2) is 0 Å². The van der Waals surface area contributed by atoms with Gasteiger partial charge in [0.25, 0.3) is 0 Å². The van der Waals surface area contributed by atoms with Crippen molar-refractivity contribution >= 4 is 15.9 Å². The van der Waals surface area contributed by atoms with Crippen molar-refractivity contribution in [1.82, 2.24) is 0 Å². The molecular weight excluding hydrogens is 309 g/mol. The van der Waals surface area contributed by atoms with Crippen LogP contribution in [0.3, 0.4) is 0 Å². The summed E-state index contributed by atoms with van der Waals surface area (Å²) in [5.41, 5.74) is 1.47. The third kappa shape index (κ3) is 3.04. The molecule has 0 unspecified atom stereocenters. The molecule has 0 aliphatic carbocycles. The van der Waals surface area contributed by atoms with E-state index in [1.54, 1.807) is 6.07 Å². The third-order valence-corrected chi connectivity index (χ3v) is 3.09. The normalized spacial score (nSPS) is 11.3. The van der Waals surface area contributed by atoms with E-state index in [0.29, 0.717) is 5.56 Å². The van der Waals surface area contributed by atoms with Gasteiger partial charge in [-0.1, -0.05) is 42.5 Å². The molecule has 1 nitrogen and oxygen atoms in total. The van der Waals surface area contributed by atoms with Gasteiger partial charge in [-0.15, -0.1) is 13.2 Å². The summed E-state index contributed by atoms with van der Waals surface area (Å²) in [6, 6.07) is 13.6. The van der Waals surface area contributed by atoms with Crippen molar-refractivity contribution < 1.29 is 17.9 Å². The highest BCUT2D eigenvalue weighted by molar-refractivity contribution is 9.10. The van der Waals surface area contributed by atoms with Crippen LogP contribution in [0.25, 0.3) is 11.1 Å². The van der Waals surface area contributed by atoms with E-state index in [1.807, 2.05) is 30.3 Å². The van der Waals surface area contributed by atoms with Crippen molar-refractivity contribution in [3.8, 4) is 16.9 Å². The van der Waals surface area contributed by atoms with Crippen molar-refractivity contribution in [2.24, 2.45) is 0 Å². The second-order valence-corrected chi connectivity index (χ2v) is 4.32. The summed E-state index contributed by atoms with van der Waals surface area (Å²) in [5.74, 6) is -0.246. The molecular formula is C13H8BrF3O. The Hall–Kier alpha value is -1.49. The number of hydrogen-bond acceptors (Lipinski definition) is 1. The lowest BCUT2D eigenvalue weighted by Crippen LogP contribution is -2.17. The molecule has 0 radical (unpaired) electrons. The fraction of sp³-hybridized carbons (Fsp3) is 0.0769. The molecule has 0 amide bonds. The molecule has 0 bridgehead atoms. The first kappa shape index (κ1) is 13.0. The first-order valence-corrected chi connectivity index (χ1v) is 5.86. The van der Waals surface area contributed by atoms with Crippen LogP contribution in [0.4, 0.5) is 13.2 Å². The van der Waals surface area contributed by atoms with Gasteiger partial charge in [0.2, 0.25) is 0 Å². The minimum atomic E-state index is -4.70. The van der Waals surface area contributed by atoms with E-state index in [2.05, 4.69) is 20.7 Å². The number of alkyl halides is 3. The Balaban J connectivity index is 2.43. The fourth-order valence-corrected chi connectivity index (χ4v) is 2.13. The van der Waals surface area contributed by atoms with Gasteiger partial charge in [-0.3, -0.25) is 0 Å². The highest BCUT2D eigenvalue weighted by atomic mass is 79.9. The zero-order valence-electron chi connectivity index (χ0n) is 9.04. The molecule has 0 heterocycles. The highest BCUT2D eigenvalue weighted by Gasteiger charge is 2.32. The molecule has 0 atom stereocenters. The largest absolute Gasteiger partial charge is 0.573 e. The minimum absolute atomic E-state index is 0.246. The summed E-state index contributed by atoms with van der Waals surface area (Å²) >= 11 is 3.15. The highest BCUT2D eigenvalue weighted by Crippen LogP contribution is 2.37. The van der Waals surface area contributed by atoms with Gasteiger partial charge >= 0.3 is 6.36 Å². The second kappa shape index (κ2) is 5.02. The van der Waals surface area contributed by atoms with Crippen LogP contribution in [-0.2, 0) is 0 Å². The zero-order chi connectivity index (χ0) is 13.2. The first-order chi connectivity index (χ1) is 8.47. The number of benzene rings is 2. The minimum Gasteiger partial charge on any atom is -0.405 e. The Morgan fingerprint density at radius 1 is 0.889 bits per heavy atom. The van der Waals surface area contributed by atoms with Crippen LogP contribution < -0.4 is 4.74 Å². The molecule has 0 aliphatic rings. The molecule has 0 saturated heterocycles. The lowest BCUT2D eigenvalue weighted by Gasteiger charge is -2.13. The summed E-state index contributed by atoms with van der Waals surface area (Å²) in [6.45, 7) is 0. The second-order valence-electron chi connectivity index (χ2n) is 3.53. The molecule has 0 saturated carbocycles. The molecule has 2 aromatic rings. The van der Waals surface area contributed by atoms with E-state index in [4.69, 9.17) is 0 Å². The Morgan fingerprint density at radius 3 is 2.17 bits per heavy atom. The Kier molecular flexibility index (Phi) is 3.61. The van der Waals surface area contributed by atoms with E-state index < -0.39 is 6.36 Å². The van der Waals surface area contributed by atoms with Crippen molar-refractivity contribution in [2.75, 3.05) is 0 Å². The lowest BCUT2D eigenvalue weighted by atomic mass is 10.1. The molecule has 2 aromatic carbocycles. The van der Waals surface area contributed by atoms with Crippen LogP contribution in [0.2, 0.25) is 0 Å². The van der Waals surface area contributed by atoms with E-state index >= 15 is 0 Å². The maximum atomic E-state index is 12.2. The van der Waals surface area contributed by atoms with Gasteiger partial charge in [-0.2, -0.15) is 0 Å². The predicted molar refractivity (Wildman–Crippen MR) is 66.3 cm³/mol. The van der Waals surface area contributed by atoms with Gasteiger partial charge in [0.1, 0.15) is 5.75 Å². The van der Waals surface area contributed by atoms with Crippen molar-refractivity contribution in [2.45, 2.75) is 6.36 Å². The van der Waals surface area contributed by atoms with Crippen LogP contribution in [0.15, 0.2) is 53.0 Å². The Bertz CT molecular complexity index is 538. The Labute approximate surface area is 110 Å². The van der Waals surface area contributed by atoms with Crippen LogP contribution >= 0.6 is 15.9 Å². The lowest BCUT2D eigenvalue weighted by molar-refractivity contribution is -0.274. The number of ether oxygens (including phenoxy) is 1. The van der Waals surface area contributed by atoms with Gasteiger partial charge in [-0.05, 0) is 33.1 Å². The maximum absolute atomic E-state index is 12.2. The van der Waals surface area contributed by atoms with Crippen LogP contribution in [0.1, 0.15) is 0 Å². The predicted octanol–water partition coefficient (Wildman–Crippen LogP) is 5.01. The molecule has 0 spiro atoms. The van der Waals surface area contributed by atoms with Gasteiger partial charge in [-0.25, -0.2) is 0 Å². The summed E-state index contributed by atoms with van der Waals surface area (Å²) in [4.78, 5) is 0. The van der Waals surface area contributed by atoms with E-state index in [9.17, 15) is 13.2 Å². The molecule has 0 N–H and O–H groups in total. The molecule has 0 aliphatic heterocycles. The zero-order valence-corrected chi connectivity index (χ0v) is 10.6. The van der Waals surface area contributed by atoms with Gasteiger partial charge in [0.05, 0.1) is 4.47 Å². The van der Waals surface area contributed by atoms with E-state index in [0.717, 1.165) is 5.56 Å². The van der Waals surface area contributed by atoms with Crippen LogP contribution in [-0.4, -0.2) is 6.36 Å². The first-order valence-electron chi connectivity index (χ1n) is 5.07. The van der Waals surface area contributed by atoms with Crippen LogP contribution in [0.5, 0.6) is 5.75 Å². The molecule has 2 rings (SSSR count). The smallest absolute Gasteiger partial charge is 0.405 e. The third-order valence-electron chi connectivity index (χ3n) is 2.27. The number of rotatable bonds is 2. The molecule has 0 fully saturated rings. The van der Waals surface area contributed by atoms with E-state index in [-0.39, 0.29) is 10.2 Å². The maximum Gasteiger partial charge on any atom is 0.573 e. The standard InChI is InChI=1S/C13H8BrF3O/c14-12-10(9-5-2-1-3-6-9)7-4-8-11(12)18-13(15,16)17/h1-8H. The van der Waals surface area contributed by atoms with Gasteiger partial charge < -0.3 is 4.74 Å². The quantitative estimate of drug-likeness (QED) is 0.756. The summed E-state index contributed by atoms with van der Waals surface area (Å²) in [5, 5.41) is 0. The molecule has 18 heavy (non-hydrogen) atoms. The fourth-order valence-electron chi connectivity index (χ4n) is 1.55. The molecule has 94 valence electrons. The Morgan fingerprint density at radius 2 is 1.56 bits per heavy atom.